The SMILES string of the molecule is COC1CCCC(Oc2ccccc2CN)C1. The zero-order valence-electron chi connectivity index (χ0n) is 10.4. The van der Waals surface area contributed by atoms with Crippen molar-refractivity contribution in [2.75, 3.05) is 7.11 Å². The van der Waals surface area contributed by atoms with E-state index < -0.39 is 0 Å². The minimum atomic E-state index is 0.265. The van der Waals surface area contributed by atoms with E-state index in [1.165, 1.54) is 6.42 Å². The Labute approximate surface area is 103 Å². The van der Waals surface area contributed by atoms with Crippen LogP contribution < -0.4 is 10.5 Å². The molecule has 1 aliphatic carbocycles. The maximum absolute atomic E-state index is 6.05. The van der Waals surface area contributed by atoms with Crippen LogP contribution in [-0.4, -0.2) is 19.3 Å². The maximum atomic E-state index is 6.05. The largest absolute Gasteiger partial charge is 0.490 e. The highest BCUT2D eigenvalue weighted by molar-refractivity contribution is 5.33. The first kappa shape index (κ1) is 12.4. The summed E-state index contributed by atoms with van der Waals surface area (Å²) >= 11 is 0. The van der Waals surface area contributed by atoms with Crippen molar-refractivity contribution < 1.29 is 9.47 Å². The molecular formula is C14H21NO2. The van der Waals surface area contributed by atoms with Crippen LogP contribution in [0.3, 0.4) is 0 Å². The topological polar surface area (TPSA) is 44.5 Å². The molecule has 1 fully saturated rings. The monoisotopic (exact) mass is 235 g/mol. The van der Waals surface area contributed by atoms with Gasteiger partial charge in [-0.15, -0.1) is 0 Å². The lowest BCUT2D eigenvalue weighted by atomic mass is 9.95. The van der Waals surface area contributed by atoms with Crippen LogP contribution in [0, 0.1) is 0 Å². The molecular weight excluding hydrogens is 214 g/mol. The Morgan fingerprint density at radius 1 is 1.24 bits per heavy atom. The number of para-hydroxylation sites is 1. The summed E-state index contributed by atoms with van der Waals surface area (Å²) in [4.78, 5) is 0. The number of rotatable bonds is 4. The van der Waals surface area contributed by atoms with Gasteiger partial charge in [-0.3, -0.25) is 0 Å². The predicted octanol–water partition coefficient (Wildman–Crippen LogP) is 2.48. The number of methoxy groups -OCH3 is 1. The van der Waals surface area contributed by atoms with Crippen molar-refractivity contribution in [3.05, 3.63) is 29.8 Å². The molecule has 0 heterocycles. The number of benzene rings is 1. The predicted molar refractivity (Wildman–Crippen MR) is 68.0 cm³/mol. The van der Waals surface area contributed by atoms with Crippen molar-refractivity contribution >= 4 is 0 Å². The van der Waals surface area contributed by atoms with Crippen LogP contribution in [0.5, 0.6) is 5.75 Å². The second-order valence-corrected chi connectivity index (χ2v) is 4.58. The summed E-state index contributed by atoms with van der Waals surface area (Å²) in [6.45, 7) is 0.524. The number of nitrogens with two attached hydrogens (primary N) is 1. The summed E-state index contributed by atoms with van der Waals surface area (Å²) in [5.74, 6) is 0.928. The first-order valence-corrected chi connectivity index (χ1v) is 6.31. The first-order chi connectivity index (χ1) is 8.33. The highest BCUT2D eigenvalue weighted by atomic mass is 16.5. The molecule has 2 atom stereocenters. The van der Waals surface area contributed by atoms with E-state index in [9.17, 15) is 0 Å². The third kappa shape index (κ3) is 3.20. The van der Waals surface area contributed by atoms with Crippen molar-refractivity contribution in [1.29, 1.82) is 0 Å². The van der Waals surface area contributed by atoms with Gasteiger partial charge in [-0.1, -0.05) is 18.2 Å². The molecule has 17 heavy (non-hydrogen) atoms. The van der Waals surface area contributed by atoms with E-state index in [0.717, 1.165) is 30.6 Å². The van der Waals surface area contributed by atoms with Crippen LogP contribution in [0.15, 0.2) is 24.3 Å². The van der Waals surface area contributed by atoms with Gasteiger partial charge in [0.05, 0.1) is 6.10 Å². The average molecular weight is 235 g/mol. The molecule has 3 heteroatoms. The quantitative estimate of drug-likeness (QED) is 0.872. The molecule has 1 aromatic rings. The Morgan fingerprint density at radius 3 is 2.76 bits per heavy atom. The van der Waals surface area contributed by atoms with E-state index >= 15 is 0 Å². The minimum Gasteiger partial charge on any atom is -0.490 e. The lowest BCUT2D eigenvalue weighted by Gasteiger charge is -2.29. The van der Waals surface area contributed by atoms with Gasteiger partial charge in [-0.2, -0.15) is 0 Å². The fraction of sp³-hybridized carbons (Fsp3) is 0.571. The first-order valence-electron chi connectivity index (χ1n) is 6.31. The van der Waals surface area contributed by atoms with Crippen molar-refractivity contribution in [2.45, 2.75) is 44.4 Å². The normalized spacial score (nSPS) is 24.6. The maximum Gasteiger partial charge on any atom is 0.124 e. The molecule has 2 unspecified atom stereocenters. The molecule has 0 aromatic heterocycles. The molecule has 1 aliphatic rings. The summed E-state index contributed by atoms with van der Waals surface area (Å²) in [6.07, 6.45) is 5.03. The van der Waals surface area contributed by atoms with Gasteiger partial charge in [0, 0.05) is 25.6 Å². The molecule has 0 spiro atoms. The Hall–Kier alpha value is -1.06. The van der Waals surface area contributed by atoms with Crippen molar-refractivity contribution in [3.63, 3.8) is 0 Å². The van der Waals surface area contributed by atoms with Gasteiger partial charge in [-0.05, 0) is 25.3 Å². The second kappa shape index (κ2) is 6.03. The molecule has 0 radical (unpaired) electrons. The molecule has 3 nitrogen and oxygen atoms in total. The smallest absolute Gasteiger partial charge is 0.124 e. The highest BCUT2D eigenvalue weighted by Crippen LogP contribution is 2.27. The molecule has 1 saturated carbocycles. The van der Waals surface area contributed by atoms with Gasteiger partial charge in [-0.25, -0.2) is 0 Å². The van der Waals surface area contributed by atoms with E-state index in [-0.39, 0.29) is 6.10 Å². The third-order valence-corrected chi connectivity index (χ3v) is 3.40. The lowest BCUT2D eigenvalue weighted by molar-refractivity contribution is 0.0207. The Kier molecular flexibility index (Phi) is 4.40. The molecule has 0 amide bonds. The van der Waals surface area contributed by atoms with Crippen LogP contribution in [0.1, 0.15) is 31.2 Å². The van der Waals surface area contributed by atoms with E-state index in [0.29, 0.717) is 12.6 Å². The molecule has 2 N–H and O–H groups in total. The van der Waals surface area contributed by atoms with Crippen LogP contribution in [0.4, 0.5) is 0 Å². The van der Waals surface area contributed by atoms with Crippen LogP contribution in [0.25, 0.3) is 0 Å². The fourth-order valence-corrected chi connectivity index (χ4v) is 2.39. The molecule has 0 saturated heterocycles. The minimum absolute atomic E-state index is 0.265. The zero-order valence-corrected chi connectivity index (χ0v) is 10.4. The van der Waals surface area contributed by atoms with Crippen molar-refractivity contribution in [1.82, 2.24) is 0 Å². The van der Waals surface area contributed by atoms with E-state index in [1.54, 1.807) is 7.11 Å². The molecule has 0 bridgehead atoms. The molecule has 2 rings (SSSR count). The van der Waals surface area contributed by atoms with E-state index in [4.69, 9.17) is 15.2 Å². The van der Waals surface area contributed by atoms with E-state index in [1.807, 2.05) is 24.3 Å². The third-order valence-electron chi connectivity index (χ3n) is 3.40. The fourth-order valence-electron chi connectivity index (χ4n) is 2.39. The highest BCUT2D eigenvalue weighted by Gasteiger charge is 2.23. The van der Waals surface area contributed by atoms with Crippen molar-refractivity contribution in [2.24, 2.45) is 5.73 Å². The summed E-state index contributed by atoms with van der Waals surface area (Å²) in [5, 5.41) is 0. The van der Waals surface area contributed by atoms with E-state index in [2.05, 4.69) is 0 Å². The molecule has 94 valence electrons. The standard InChI is InChI=1S/C14H21NO2/c1-16-12-6-4-7-13(9-12)17-14-8-3-2-5-11(14)10-15/h2-3,5,8,12-13H,4,6-7,9-10,15H2,1H3. The Balaban J connectivity index is 2.00. The van der Waals surface area contributed by atoms with Gasteiger partial charge >= 0.3 is 0 Å². The number of hydrogen-bond donors (Lipinski definition) is 1. The lowest BCUT2D eigenvalue weighted by Crippen LogP contribution is -2.29. The molecule has 1 aromatic carbocycles. The zero-order chi connectivity index (χ0) is 12.1. The molecule has 0 aliphatic heterocycles. The van der Waals surface area contributed by atoms with Crippen molar-refractivity contribution in [3.8, 4) is 5.75 Å². The van der Waals surface area contributed by atoms with Gasteiger partial charge in [0.25, 0.3) is 0 Å². The Bertz CT molecular complexity index is 354. The second-order valence-electron chi connectivity index (χ2n) is 4.58. The van der Waals surface area contributed by atoms with Gasteiger partial charge in [0.15, 0.2) is 0 Å². The summed E-state index contributed by atoms with van der Waals surface area (Å²) in [5.41, 5.74) is 6.78. The number of hydrogen-bond acceptors (Lipinski definition) is 3. The van der Waals surface area contributed by atoms with Crippen LogP contribution in [0.2, 0.25) is 0 Å². The number of ether oxygens (including phenoxy) is 2. The average Bonchev–Trinajstić information content (AvgIpc) is 2.39. The summed E-state index contributed by atoms with van der Waals surface area (Å²) < 4.78 is 11.5. The Morgan fingerprint density at radius 2 is 2.00 bits per heavy atom. The summed E-state index contributed by atoms with van der Waals surface area (Å²) in [7, 11) is 1.78. The van der Waals surface area contributed by atoms with Gasteiger partial charge in [0.1, 0.15) is 11.9 Å². The van der Waals surface area contributed by atoms with Gasteiger partial charge in [0.2, 0.25) is 0 Å². The summed E-state index contributed by atoms with van der Waals surface area (Å²) in [6, 6.07) is 8.00. The van der Waals surface area contributed by atoms with Crippen LogP contribution >= 0.6 is 0 Å². The van der Waals surface area contributed by atoms with Gasteiger partial charge < -0.3 is 15.2 Å². The van der Waals surface area contributed by atoms with Crippen LogP contribution in [-0.2, 0) is 11.3 Å².